The summed E-state index contributed by atoms with van der Waals surface area (Å²) in [5.41, 5.74) is 7.92. The molecule has 0 aromatic heterocycles. The summed E-state index contributed by atoms with van der Waals surface area (Å²) in [6.07, 6.45) is 0.324. The van der Waals surface area contributed by atoms with E-state index >= 15 is 0 Å². The van der Waals surface area contributed by atoms with Gasteiger partial charge < -0.3 is 4.52 Å². The van der Waals surface area contributed by atoms with E-state index in [-0.39, 0.29) is 6.54 Å². The summed E-state index contributed by atoms with van der Waals surface area (Å²) in [6.45, 7) is 4.00. The van der Waals surface area contributed by atoms with E-state index in [1.807, 2.05) is 0 Å². The minimum Gasteiger partial charge on any atom is -0.329 e. The normalized spacial score (nSPS) is 15.1. The highest BCUT2D eigenvalue weighted by molar-refractivity contribution is 7.58. The Bertz CT molecular complexity index is 200. The van der Waals surface area contributed by atoms with Crippen molar-refractivity contribution in [3.05, 3.63) is 10.4 Å². The molecule has 0 fully saturated rings. The van der Waals surface area contributed by atoms with E-state index in [4.69, 9.17) is 10.1 Å². The Kier molecular flexibility index (Phi) is 4.95. The fourth-order valence-corrected chi connectivity index (χ4v) is 1.74. The smallest absolute Gasteiger partial charge is 0.200 e. The van der Waals surface area contributed by atoms with Crippen LogP contribution >= 0.6 is 7.37 Å². The van der Waals surface area contributed by atoms with Crippen molar-refractivity contribution in [2.45, 2.75) is 6.92 Å². The number of rotatable bonds is 5. The Labute approximate surface area is 65.8 Å². The summed E-state index contributed by atoms with van der Waals surface area (Å²) >= 11 is 0. The monoisotopic (exact) mass is 177 g/mol. The third kappa shape index (κ3) is 5.92. The van der Waals surface area contributed by atoms with E-state index in [0.717, 1.165) is 0 Å². The zero-order chi connectivity index (χ0) is 8.74. The van der Waals surface area contributed by atoms with Crippen molar-refractivity contribution >= 4 is 7.37 Å². The van der Waals surface area contributed by atoms with Crippen molar-refractivity contribution in [2.24, 2.45) is 5.11 Å². The van der Waals surface area contributed by atoms with Gasteiger partial charge in [-0.15, -0.1) is 0 Å². The van der Waals surface area contributed by atoms with E-state index in [2.05, 4.69) is 10.0 Å². The molecule has 1 atom stereocenters. The molecule has 0 aromatic carbocycles. The van der Waals surface area contributed by atoms with Gasteiger partial charge >= 0.3 is 0 Å². The molecule has 0 aliphatic heterocycles. The topological polar surface area (TPSA) is 75.1 Å². The van der Waals surface area contributed by atoms with Crippen LogP contribution in [0.5, 0.6) is 0 Å². The van der Waals surface area contributed by atoms with Crippen molar-refractivity contribution in [1.82, 2.24) is 0 Å². The van der Waals surface area contributed by atoms with Gasteiger partial charge in [0, 0.05) is 24.3 Å². The van der Waals surface area contributed by atoms with Gasteiger partial charge in [0.05, 0.1) is 6.61 Å². The van der Waals surface area contributed by atoms with Crippen LogP contribution in [0, 0.1) is 0 Å². The lowest BCUT2D eigenvalue weighted by atomic mass is 10.8. The van der Waals surface area contributed by atoms with Crippen LogP contribution in [0.25, 0.3) is 10.4 Å². The standard InChI is InChI=1S/C5H12N3O2P/c1-3-10-11(2,9)5-4-7-8-6/h3-5H2,1-2H3. The summed E-state index contributed by atoms with van der Waals surface area (Å²) in [6, 6.07) is 0. The molecule has 0 amide bonds. The average Bonchev–Trinajstić information content (AvgIpc) is 1.87. The summed E-state index contributed by atoms with van der Waals surface area (Å²) in [7, 11) is -2.49. The Balaban J connectivity index is 3.72. The molecule has 0 spiro atoms. The summed E-state index contributed by atoms with van der Waals surface area (Å²) < 4.78 is 16.2. The highest BCUT2D eigenvalue weighted by Crippen LogP contribution is 2.41. The molecule has 0 bridgehead atoms. The van der Waals surface area contributed by atoms with E-state index in [1.165, 1.54) is 0 Å². The van der Waals surface area contributed by atoms with Crippen molar-refractivity contribution in [2.75, 3.05) is 26.0 Å². The second-order valence-corrected chi connectivity index (χ2v) is 4.84. The molecular formula is C5H12N3O2P. The third-order valence-electron chi connectivity index (χ3n) is 1.07. The lowest BCUT2D eigenvalue weighted by Crippen LogP contribution is -1.95. The highest BCUT2D eigenvalue weighted by Gasteiger charge is 2.12. The second-order valence-electron chi connectivity index (χ2n) is 2.11. The molecule has 0 saturated heterocycles. The fourth-order valence-electron chi connectivity index (χ4n) is 0.609. The predicted molar refractivity (Wildman–Crippen MR) is 44.0 cm³/mol. The van der Waals surface area contributed by atoms with Crippen LogP contribution in [0.4, 0.5) is 0 Å². The van der Waals surface area contributed by atoms with Crippen molar-refractivity contribution < 1.29 is 9.09 Å². The van der Waals surface area contributed by atoms with Gasteiger partial charge in [-0.1, -0.05) is 5.11 Å². The molecule has 0 saturated carbocycles. The first kappa shape index (κ1) is 10.5. The number of azide groups is 1. The molecule has 0 radical (unpaired) electrons. The molecule has 0 aliphatic carbocycles. The first-order chi connectivity index (χ1) is 5.12. The molecule has 0 heterocycles. The van der Waals surface area contributed by atoms with Crippen molar-refractivity contribution in [3.8, 4) is 0 Å². The fraction of sp³-hybridized carbons (Fsp3) is 1.00. The maximum Gasteiger partial charge on any atom is 0.200 e. The Hall–Kier alpha value is -0.500. The zero-order valence-corrected chi connectivity index (χ0v) is 7.62. The first-order valence-electron chi connectivity index (χ1n) is 3.34. The Morgan fingerprint density at radius 1 is 1.73 bits per heavy atom. The summed E-state index contributed by atoms with van der Waals surface area (Å²) in [5, 5.41) is 3.27. The largest absolute Gasteiger partial charge is 0.329 e. The molecule has 0 rings (SSSR count). The maximum absolute atomic E-state index is 11.3. The van der Waals surface area contributed by atoms with E-state index in [1.54, 1.807) is 13.6 Å². The van der Waals surface area contributed by atoms with Gasteiger partial charge in [0.2, 0.25) is 0 Å². The SMILES string of the molecule is CCOP(C)(=O)CCN=[N+]=[N-]. The zero-order valence-electron chi connectivity index (χ0n) is 6.73. The number of hydrogen-bond donors (Lipinski definition) is 0. The van der Waals surface area contributed by atoms with Crippen LogP contribution in [-0.4, -0.2) is 26.0 Å². The van der Waals surface area contributed by atoms with E-state index in [0.29, 0.717) is 12.8 Å². The van der Waals surface area contributed by atoms with Crippen LogP contribution in [-0.2, 0) is 9.09 Å². The third-order valence-corrected chi connectivity index (χ3v) is 2.89. The molecule has 5 nitrogen and oxygen atoms in total. The van der Waals surface area contributed by atoms with Crippen LogP contribution in [0.15, 0.2) is 5.11 Å². The quantitative estimate of drug-likeness (QED) is 0.279. The Morgan fingerprint density at radius 2 is 2.36 bits per heavy atom. The number of nitrogens with zero attached hydrogens (tertiary/aromatic N) is 3. The maximum atomic E-state index is 11.3. The molecule has 64 valence electrons. The van der Waals surface area contributed by atoms with Gasteiger partial charge in [0.15, 0.2) is 7.37 Å². The summed E-state index contributed by atoms with van der Waals surface area (Å²) in [5.74, 6) is 0. The van der Waals surface area contributed by atoms with E-state index in [9.17, 15) is 4.57 Å². The molecule has 6 heteroatoms. The van der Waals surface area contributed by atoms with E-state index < -0.39 is 7.37 Å². The van der Waals surface area contributed by atoms with Gasteiger partial charge in [-0.2, -0.15) is 0 Å². The minimum atomic E-state index is -2.49. The molecule has 1 unspecified atom stereocenters. The summed E-state index contributed by atoms with van der Waals surface area (Å²) in [4.78, 5) is 2.55. The van der Waals surface area contributed by atoms with Crippen LogP contribution in [0.3, 0.4) is 0 Å². The van der Waals surface area contributed by atoms with Gasteiger partial charge in [-0.25, -0.2) is 0 Å². The van der Waals surface area contributed by atoms with Gasteiger partial charge in [0.1, 0.15) is 0 Å². The van der Waals surface area contributed by atoms with Gasteiger partial charge in [0.25, 0.3) is 0 Å². The molecule has 11 heavy (non-hydrogen) atoms. The van der Waals surface area contributed by atoms with Crippen molar-refractivity contribution in [1.29, 1.82) is 0 Å². The van der Waals surface area contributed by atoms with Gasteiger partial charge in [-0.3, -0.25) is 4.57 Å². The Morgan fingerprint density at radius 3 is 2.82 bits per heavy atom. The highest BCUT2D eigenvalue weighted by atomic mass is 31.2. The molecular weight excluding hydrogens is 165 g/mol. The molecule has 0 N–H and O–H groups in total. The van der Waals surface area contributed by atoms with Crippen LogP contribution in [0.2, 0.25) is 0 Å². The number of hydrogen-bond acceptors (Lipinski definition) is 3. The first-order valence-corrected chi connectivity index (χ1v) is 5.60. The lowest BCUT2D eigenvalue weighted by Gasteiger charge is -2.09. The molecule has 0 aliphatic rings. The van der Waals surface area contributed by atoms with Crippen LogP contribution < -0.4 is 0 Å². The predicted octanol–water partition coefficient (Wildman–Crippen LogP) is 2.24. The minimum absolute atomic E-state index is 0.240. The van der Waals surface area contributed by atoms with Gasteiger partial charge in [-0.05, 0) is 12.5 Å². The van der Waals surface area contributed by atoms with Crippen molar-refractivity contribution in [3.63, 3.8) is 0 Å². The average molecular weight is 177 g/mol. The molecule has 0 aromatic rings. The van der Waals surface area contributed by atoms with Crippen LogP contribution in [0.1, 0.15) is 6.92 Å². The second kappa shape index (κ2) is 5.19. The lowest BCUT2D eigenvalue weighted by molar-refractivity contribution is 0.337.